The van der Waals surface area contributed by atoms with E-state index in [9.17, 15) is 9.59 Å². The average molecular weight is 498 g/mol. The van der Waals surface area contributed by atoms with Crippen LogP contribution in [0.4, 0.5) is 5.69 Å². The number of anilines is 1. The normalized spacial score (nSPS) is 23.5. The number of rotatable bonds is 7. The maximum Gasteiger partial charge on any atom is 0.260 e. The molecule has 2 aliphatic rings. The number of hydrogen-bond donors (Lipinski definition) is 1. The van der Waals surface area contributed by atoms with Gasteiger partial charge >= 0.3 is 0 Å². The van der Waals surface area contributed by atoms with E-state index in [1.807, 2.05) is 60.5 Å². The lowest BCUT2D eigenvalue weighted by molar-refractivity contribution is -0.131. The molecule has 1 aliphatic heterocycles. The number of nitrogens with one attached hydrogen (secondary N) is 1. The van der Waals surface area contributed by atoms with Crippen molar-refractivity contribution in [1.82, 2.24) is 10.2 Å². The highest BCUT2D eigenvalue weighted by molar-refractivity contribution is 8.04. The summed E-state index contributed by atoms with van der Waals surface area (Å²) in [5, 5.41) is 4.08. The van der Waals surface area contributed by atoms with E-state index < -0.39 is 0 Å². The second kappa shape index (κ2) is 11.3. The molecule has 4 rings (SSSR count). The van der Waals surface area contributed by atoms with Crippen LogP contribution in [0.1, 0.15) is 31.7 Å². The molecule has 2 amide bonds. The lowest BCUT2D eigenvalue weighted by Gasteiger charge is -2.44. The molecule has 0 bridgehead atoms. The van der Waals surface area contributed by atoms with Crippen molar-refractivity contribution in [2.24, 2.45) is 5.92 Å². The Morgan fingerprint density at radius 3 is 2.65 bits per heavy atom. The first-order valence-electron chi connectivity index (χ1n) is 12.0. The van der Waals surface area contributed by atoms with Crippen LogP contribution in [-0.2, 0) is 9.59 Å². The smallest absolute Gasteiger partial charge is 0.260 e. The highest BCUT2D eigenvalue weighted by atomic mass is 35.5. The number of para-hydroxylation sites is 1. The summed E-state index contributed by atoms with van der Waals surface area (Å²) in [6.07, 6.45) is 4.36. The summed E-state index contributed by atoms with van der Waals surface area (Å²) in [7, 11) is 1.86. The summed E-state index contributed by atoms with van der Waals surface area (Å²) < 4.78 is 0. The number of halogens is 1. The van der Waals surface area contributed by atoms with Crippen molar-refractivity contribution in [1.29, 1.82) is 0 Å². The van der Waals surface area contributed by atoms with E-state index in [2.05, 4.69) is 29.3 Å². The molecule has 1 N–H and O–H groups in total. The monoisotopic (exact) mass is 497 g/mol. The molecule has 3 atom stereocenters. The molecular weight excluding hydrogens is 466 g/mol. The first kappa shape index (κ1) is 24.7. The number of carbonyl (C=O) groups excluding carboxylic acids is 2. The predicted molar refractivity (Wildman–Crippen MR) is 142 cm³/mol. The van der Waals surface area contributed by atoms with Crippen LogP contribution in [0.3, 0.4) is 0 Å². The molecule has 0 spiro atoms. The van der Waals surface area contributed by atoms with Crippen LogP contribution in [0.2, 0.25) is 5.02 Å². The highest BCUT2D eigenvalue weighted by Gasteiger charge is 2.42. The SMILES string of the molecule is CCN(CCNC(=O)C1CCC2S/C(=C\c3ccccc3Cl)C(=O)N(C)C2C1)c1ccccc1. The Morgan fingerprint density at radius 1 is 1.18 bits per heavy atom. The van der Waals surface area contributed by atoms with Gasteiger partial charge in [0.05, 0.1) is 4.91 Å². The fraction of sp³-hybridized carbons (Fsp3) is 0.407. The van der Waals surface area contributed by atoms with Crippen LogP contribution in [0.5, 0.6) is 0 Å². The van der Waals surface area contributed by atoms with Gasteiger partial charge in [-0.3, -0.25) is 9.59 Å². The first-order valence-corrected chi connectivity index (χ1v) is 13.2. The van der Waals surface area contributed by atoms with Crippen molar-refractivity contribution in [3.8, 4) is 0 Å². The first-order chi connectivity index (χ1) is 16.5. The number of benzene rings is 2. The number of amides is 2. The molecule has 180 valence electrons. The van der Waals surface area contributed by atoms with E-state index in [4.69, 9.17) is 11.6 Å². The second-order valence-corrected chi connectivity index (χ2v) is 10.6. The van der Waals surface area contributed by atoms with E-state index >= 15 is 0 Å². The Bertz CT molecular complexity index is 1050. The summed E-state index contributed by atoms with van der Waals surface area (Å²) in [5.74, 6) is 0.0532. The van der Waals surface area contributed by atoms with Gasteiger partial charge in [0, 0.05) is 54.6 Å². The molecule has 1 aliphatic carbocycles. The Kier molecular flexibility index (Phi) is 8.22. The minimum Gasteiger partial charge on any atom is -0.370 e. The van der Waals surface area contributed by atoms with Gasteiger partial charge in [0.1, 0.15) is 0 Å². The van der Waals surface area contributed by atoms with Gasteiger partial charge in [-0.05, 0) is 56.0 Å². The summed E-state index contributed by atoms with van der Waals surface area (Å²) in [6, 6.07) is 17.9. The van der Waals surface area contributed by atoms with Gasteiger partial charge in [0.25, 0.3) is 5.91 Å². The van der Waals surface area contributed by atoms with Crippen LogP contribution in [-0.4, -0.2) is 54.7 Å². The van der Waals surface area contributed by atoms with Crippen LogP contribution in [0.15, 0.2) is 59.5 Å². The molecule has 34 heavy (non-hydrogen) atoms. The van der Waals surface area contributed by atoms with Crippen LogP contribution in [0, 0.1) is 5.92 Å². The van der Waals surface area contributed by atoms with Gasteiger partial charge in [-0.2, -0.15) is 0 Å². The number of fused-ring (bicyclic) bond motifs is 1. The molecule has 2 aromatic carbocycles. The maximum absolute atomic E-state index is 13.1. The molecule has 2 fully saturated rings. The Hall–Kier alpha value is -2.44. The van der Waals surface area contributed by atoms with Crippen LogP contribution >= 0.6 is 23.4 Å². The summed E-state index contributed by atoms with van der Waals surface area (Å²) in [4.78, 5) is 30.8. The third-order valence-electron chi connectivity index (χ3n) is 6.81. The second-order valence-electron chi connectivity index (χ2n) is 8.89. The van der Waals surface area contributed by atoms with Gasteiger partial charge in [-0.25, -0.2) is 0 Å². The molecule has 1 saturated carbocycles. The zero-order valence-electron chi connectivity index (χ0n) is 19.7. The summed E-state index contributed by atoms with van der Waals surface area (Å²) >= 11 is 7.94. The fourth-order valence-electron chi connectivity index (χ4n) is 4.84. The lowest BCUT2D eigenvalue weighted by Crippen LogP contribution is -2.52. The summed E-state index contributed by atoms with van der Waals surface area (Å²) in [5.41, 5.74) is 2.02. The molecule has 5 nitrogen and oxygen atoms in total. The minimum absolute atomic E-state index is 0.00803. The van der Waals surface area contributed by atoms with Crippen molar-refractivity contribution in [2.75, 3.05) is 31.6 Å². The number of carbonyl (C=O) groups is 2. The maximum atomic E-state index is 13.1. The third-order valence-corrected chi connectivity index (χ3v) is 8.55. The van der Waals surface area contributed by atoms with Gasteiger partial charge in [0.15, 0.2) is 0 Å². The lowest BCUT2D eigenvalue weighted by atomic mass is 9.83. The van der Waals surface area contributed by atoms with Crippen molar-refractivity contribution in [2.45, 2.75) is 37.5 Å². The van der Waals surface area contributed by atoms with E-state index in [1.165, 1.54) is 5.69 Å². The van der Waals surface area contributed by atoms with Crippen molar-refractivity contribution >= 4 is 46.9 Å². The van der Waals surface area contributed by atoms with Crippen molar-refractivity contribution in [3.63, 3.8) is 0 Å². The molecule has 0 radical (unpaired) electrons. The van der Waals surface area contributed by atoms with Gasteiger partial charge in [-0.15, -0.1) is 11.8 Å². The standard InChI is InChI=1S/C27H32ClN3O2S/c1-3-31(21-10-5-4-6-11-21)16-15-29-26(32)20-13-14-24-23(17-20)30(2)27(33)25(34-24)18-19-9-7-8-12-22(19)28/h4-12,18,20,23-24H,3,13-17H2,1-2H3,(H,29,32)/b25-18-. The Labute approximate surface area is 211 Å². The quantitative estimate of drug-likeness (QED) is 0.543. The fourth-order valence-corrected chi connectivity index (χ4v) is 6.50. The van der Waals surface area contributed by atoms with E-state index in [0.717, 1.165) is 36.4 Å². The zero-order valence-corrected chi connectivity index (χ0v) is 21.3. The topological polar surface area (TPSA) is 52.7 Å². The zero-order chi connectivity index (χ0) is 24.1. The van der Waals surface area contributed by atoms with E-state index in [-0.39, 0.29) is 23.8 Å². The molecule has 7 heteroatoms. The number of likely N-dealkylation sites (N-methyl/N-ethyl adjacent to an activating group) is 2. The number of hydrogen-bond acceptors (Lipinski definition) is 4. The van der Waals surface area contributed by atoms with Crippen molar-refractivity contribution in [3.05, 3.63) is 70.1 Å². The van der Waals surface area contributed by atoms with Gasteiger partial charge in [-0.1, -0.05) is 48.0 Å². The third kappa shape index (κ3) is 5.61. The molecule has 1 saturated heterocycles. The van der Waals surface area contributed by atoms with Crippen LogP contribution < -0.4 is 10.2 Å². The predicted octanol–water partition coefficient (Wildman–Crippen LogP) is 5.07. The van der Waals surface area contributed by atoms with Crippen molar-refractivity contribution < 1.29 is 9.59 Å². The molecule has 1 heterocycles. The largest absolute Gasteiger partial charge is 0.370 e. The highest BCUT2D eigenvalue weighted by Crippen LogP contribution is 2.43. The van der Waals surface area contributed by atoms with E-state index in [1.54, 1.807) is 11.8 Å². The Morgan fingerprint density at radius 2 is 1.91 bits per heavy atom. The molecular formula is C27H32ClN3O2S. The van der Waals surface area contributed by atoms with Crippen LogP contribution in [0.25, 0.3) is 6.08 Å². The Balaban J connectivity index is 1.33. The molecule has 2 aromatic rings. The average Bonchev–Trinajstić information content (AvgIpc) is 2.86. The molecule has 0 aromatic heterocycles. The van der Waals surface area contributed by atoms with Gasteiger partial charge < -0.3 is 15.1 Å². The summed E-state index contributed by atoms with van der Waals surface area (Å²) in [6.45, 7) is 4.40. The number of nitrogens with zero attached hydrogens (tertiary/aromatic N) is 2. The van der Waals surface area contributed by atoms with E-state index in [0.29, 0.717) is 23.2 Å². The number of thioether (sulfide) groups is 1. The molecule has 3 unspecified atom stereocenters. The van der Waals surface area contributed by atoms with Gasteiger partial charge in [0.2, 0.25) is 5.91 Å². The minimum atomic E-state index is -0.0574.